The van der Waals surface area contributed by atoms with Crippen LogP contribution < -0.4 is 10.2 Å². The maximum atomic E-state index is 12.7. The largest absolute Gasteiger partial charge is 0.504 e. The van der Waals surface area contributed by atoms with Gasteiger partial charge in [0, 0.05) is 16.7 Å². The lowest BCUT2D eigenvalue weighted by Crippen LogP contribution is -2.10. The molecule has 0 atom stereocenters. The lowest BCUT2D eigenvalue weighted by atomic mass is 10.1. The standard InChI is InChI=1S/C22H13ClO9/c23-11-3-1-2-10(6-11)22(30)32-21-14(26)8-15-16(18(21)28)17(27)19(29)20(31-15)9-4-5-12(24)13(25)7-9/h1-8,24-26,28-29H. The predicted molar refractivity (Wildman–Crippen MR) is 113 cm³/mol. The Morgan fingerprint density at radius 3 is 2.31 bits per heavy atom. The Hall–Kier alpha value is -4.37. The number of aromatic hydroxyl groups is 5. The van der Waals surface area contributed by atoms with E-state index in [0.717, 1.165) is 18.2 Å². The van der Waals surface area contributed by atoms with Crippen molar-refractivity contribution in [2.75, 3.05) is 0 Å². The van der Waals surface area contributed by atoms with Crippen molar-refractivity contribution in [1.82, 2.24) is 0 Å². The molecule has 0 unspecified atom stereocenters. The number of carbonyl (C=O) groups excluding carboxylic acids is 1. The molecule has 9 nitrogen and oxygen atoms in total. The van der Waals surface area contributed by atoms with Crippen molar-refractivity contribution in [3.05, 3.63) is 69.3 Å². The van der Waals surface area contributed by atoms with E-state index in [4.69, 9.17) is 20.8 Å². The SMILES string of the molecule is O=C(Oc1c(O)cc2oc(-c3ccc(O)c(O)c3)c(O)c(=O)c2c1O)c1cccc(Cl)c1. The zero-order chi connectivity index (χ0) is 23.2. The van der Waals surface area contributed by atoms with Crippen LogP contribution in [0.5, 0.6) is 34.5 Å². The average molecular weight is 457 g/mol. The molecule has 0 aliphatic heterocycles. The van der Waals surface area contributed by atoms with Crippen LogP contribution in [0.15, 0.2) is 57.7 Å². The van der Waals surface area contributed by atoms with Crippen LogP contribution >= 0.6 is 11.6 Å². The third kappa shape index (κ3) is 3.50. The van der Waals surface area contributed by atoms with Crippen LogP contribution in [0.4, 0.5) is 0 Å². The summed E-state index contributed by atoms with van der Waals surface area (Å²) < 4.78 is 10.5. The van der Waals surface area contributed by atoms with Crippen LogP contribution in [-0.2, 0) is 0 Å². The van der Waals surface area contributed by atoms with Crippen molar-refractivity contribution in [3.63, 3.8) is 0 Å². The van der Waals surface area contributed by atoms with Crippen LogP contribution in [-0.4, -0.2) is 31.5 Å². The van der Waals surface area contributed by atoms with Crippen molar-refractivity contribution in [3.8, 4) is 45.8 Å². The van der Waals surface area contributed by atoms with Gasteiger partial charge < -0.3 is 34.7 Å². The smallest absolute Gasteiger partial charge is 0.343 e. The van der Waals surface area contributed by atoms with Gasteiger partial charge in [-0.05, 0) is 36.4 Å². The fraction of sp³-hybridized carbons (Fsp3) is 0. The number of hydrogen-bond donors (Lipinski definition) is 5. The predicted octanol–water partition coefficient (Wildman–Crippen LogP) is 3.86. The van der Waals surface area contributed by atoms with Gasteiger partial charge in [-0.15, -0.1) is 0 Å². The first-order valence-electron chi connectivity index (χ1n) is 8.92. The number of esters is 1. The number of benzene rings is 3. The first-order valence-corrected chi connectivity index (χ1v) is 9.30. The van der Waals surface area contributed by atoms with Gasteiger partial charge in [0.15, 0.2) is 28.8 Å². The van der Waals surface area contributed by atoms with E-state index in [1.165, 1.54) is 30.3 Å². The summed E-state index contributed by atoms with van der Waals surface area (Å²) >= 11 is 5.84. The summed E-state index contributed by atoms with van der Waals surface area (Å²) in [6.45, 7) is 0. The molecule has 0 aliphatic carbocycles. The normalized spacial score (nSPS) is 10.9. The molecule has 32 heavy (non-hydrogen) atoms. The van der Waals surface area contributed by atoms with Gasteiger partial charge in [0.25, 0.3) is 0 Å². The van der Waals surface area contributed by atoms with Crippen LogP contribution in [0.1, 0.15) is 10.4 Å². The van der Waals surface area contributed by atoms with E-state index in [9.17, 15) is 35.1 Å². The third-order valence-electron chi connectivity index (χ3n) is 4.56. The van der Waals surface area contributed by atoms with E-state index in [0.29, 0.717) is 0 Å². The van der Waals surface area contributed by atoms with Crippen molar-refractivity contribution in [1.29, 1.82) is 0 Å². The number of phenolic OH excluding ortho intramolecular Hbond substituents is 4. The highest BCUT2D eigenvalue weighted by Gasteiger charge is 2.25. The molecule has 3 aromatic carbocycles. The highest BCUT2D eigenvalue weighted by atomic mass is 35.5. The highest BCUT2D eigenvalue weighted by Crippen LogP contribution is 2.44. The summed E-state index contributed by atoms with van der Waals surface area (Å²) in [5.74, 6) is -5.61. The van der Waals surface area contributed by atoms with Crippen LogP contribution in [0.3, 0.4) is 0 Å². The fourth-order valence-electron chi connectivity index (χ4n) is 3.02. The van der Waals surface area contributed by atoms with Crippen molar-refractivity contribution < 1.29 is 39.5 Å². The Labute approximate surface area is 183 Å². The summed E-state index contributed by atoms with van der Waals surface area (Å²) in [6.07, 6.45) is 0. The first kappa shape index (κ1) is 20.9. The monoisotopic (exact) mass is 456 g/mol. The number of ether oxygens (including phenoxy) is 1. The van der Waals surface area contributed by atoms with Gasteiger partial charge in [0.05, 0.1) is 5.56 Å². The molecule has 4 aromatic rings. The molecule has 0 spiro atoms. The van der Waals surface area contributed by atoms with Gasteiger partial charge in [0.1, 0.15) is 11.0 Å². The average Bonchev–Trinajstić information content (AvgIpc) is 2.75. The summed E-state index contributed by atoms with van der Waals surface area (Å²) in [5.41, 5.74) is -1.37. The Kier molecular flexibility index (Phi) is 5.03. The van der Waals surface area contributed by atoms with E-state index in [-0.39, 0.29) is 27.5 Å². The molecular formula is C22H13ClO9. The zero-order valence-corrected chi connectivity index (χ0v) is 16.6. The molecule has 0 radical (unpaired) electrons. The van der Waals surface area contributed by atoms with Crippen LogP contribution in [0.2, 0.25) is 5.02 Å². The van der Waals surface area contributed by atoms with E-state index in [1.54, 1.807) is 0 Å². The number of phenols is 4. The molecule has 0 saturated heterocycles. The lowest BCUT2D eigenvalue weighted by molar-refractivity contribution is 0.0724. The molecule has 0 amide bonds. The first-order chi connectivity index (χ1) is 15.2. The zero-order valence-electron chi connectivity index (χ0n) is 15.9. The molecule has 0 saturated carbocycles. The van der Waals surface area contributed by atoms with Crippen LogP contribution in [0.25, 0.3) is 22.3 Å². The van der Waals surface area contributed by atoms with Gasteiger partial charge in [0.2, 0.25) is 16.9 Å². The Bertz CT molecular complexity index is 1460. The second-order valence-electron chi connectivity index (χ2n) is 6.66. The lowest BCUT2D eigenvalue weighted by Gasteiger charge is -2.12. The number of fused-ring (bicyclic) bond motifs is 1. The molecule has 5 N–H and O–H groups in total. The van der Waals surface area contributed by atoms with Gasteiger partial charge in [-0.25, -0.2) is 4.79 Å². The van der Waals surface area contributed by atoms with Crippen molar-refractivity contribution in [2.24, 2.45) is 0 Å². The highest BCUT2D eigenvalue weighted by molar-refractivity contribution is 6.30. The molecule has 1 heterocycles. The number of hydrogen-bond acceptors (Lipinski definition) is 9. The van der Waals surface area contributed by atoms with Crippen molar-refractivity contribution >= 4 is 28.5 Å². The van der Waals surface area contributed by atoms with Gasteiger partial charge in [-0.2, -0.15) is 0 Å². The minimum absolute atomic E-state index is 0.0220. The van der Waals surface area contributed by atoms with E-state index in [1.807, 2.05) is 0 Å². The van der Waals surface area contributed by atoms with Gasteiger partial charge in [-0.1, -0.05) is 17.7 Å². The molecule has 4 rings (SSSR count). The number of halogens is 1. The maximum Gasteiger partial charge on any atom is 0.343 e. The summed E-state index contributed by atoms with van der Waals surface area (Å²) in [5, 5.41) is 49.9. The molecule has 0 fully saturated rings. The van der Waals surface area contributed by atoms with Crippen molar-refractivity contribution in [2.45, 2.75) is 0 Å². The topological polar surface area (TPSA) is 158 Å². The fourth-order valence-corrected chi connectivity index (χ4v) is 3.21. The Balaban J connectivity index is 1.85. The summed E-state index contributed by atoms with van der Waals surface area (Å²) in [7, 11) is 0. The van der Waals surface area contributed by atoms with E-state index < -0.39 is 51.3 Å². The van der Waals surface area contributed by atoms with E-state index in [2.05, 4.69) is 0 Å². The quantitative estimate of drug-likeness (QED) is 0.175. The Morgan fingerprint density at radius 2 is 1.62 bits per heavy atom. The van der Waals surface area contributed by atoms with Gasteiger partial charge in [-0.3, -0.25) is 4.79 Å². The second-order valence-corrected chi connectivity index (χ2v) is 7.10. The minimum Gasteiger partial charge on any atom is -0.504 e. The summed E-state index contributed by atoms with van der Waals surface area (Å²) in [6, 6.07) is 10.1. The van der Waals surface area contributed by atoms with E-state index >= 15 is 0 Å². The molecule has 1 aromatic heterocycles. The molecule has 0 aliphatic rings. The molecular weight excluding hydrogens is 444 g/mol. The molecule has 162 valence electrons. The van der Waals surface area contributed by atoms with Gasteiger partial charge >= 0.3 is 5.97 Å². The second kappa shape index (κ2) is 7.71. The maximum absolute atomic E-state index is 12.7. The Morgan fingerprint density at radius 1 is 0.875 bits per heavy atom. The minimum atomic E-state index is -1.09. The molecule has 0 bridgehead atoms. The van der Waals surface area contributed by atoms with Crippen LogP contribution in [0, 0.1) is 0 Å². The number of carbonyl (C=O) groups is 1. The summed E-state index contributed by atoms with van der Waals surface area (Å²) in [4.78, 5) is 25.1. The third-order valence-corrected chi connectivity index (χ3v) is 4.80. The molecule has 10 heteroatoms. The number of rotatable bonds is 3.